The summed E-state index contributed by atoms with van der Waals surface area (Å²) in [5.74, 6) is -0.0514. The fourth-order valence-corrected chi connectivity index (χ4v) is 2.42. The van der Waals surface area contributed by atoms with Gasteiger partial charge >= 0.3 is 0 Å². The topological polar surface area (TPSA) is 64.8 Å². The van der Waals surface area contributed by atoms with Crippen LogP contribution in [0.2, 0.25) is 0 Å². The van der Waals surface area contributed by atoms with Crippen LogP contribution in [0.4, 0.5) is 0 Å². The fourth-order valence-electron chi connectivity index (χ4n) is 2.42. The highest BCUT2D eigenvalue weighted by molar-refractivity contribution is 5.80. The van der Waals surface area contributed by atoms with E-state index in [4.69, 9.17) is 15.2 Å². The van der Waals surface area contributed by atoms with E-state index in [0.717, 1.165) is 0 Å². The molecule has 4 atom stereocenters. The van der Waals surface area contributed by atoms with Gasteiger partial charge in [-0.3, -0.25) is 4.79 Å². The van der Waals surface area contributed by atoms with Crippen molar-refractivity contribution in [1.82, 2.24) is 4.90 Å². The molecule has 92 valence electrons. The minimum Gasteiger partial charge on any atom is -0.379 e. The zero-order chi connectivity index (χ0) is 11.7. The summed E-state index contributed by atoms with van der Waals surface area (Å²) < 4.78 is 10.8. The highest BCUT2D eigenvalue weighted by Gasteiger charge is 2.36. The van der Waals surface area contributed by atoms with Crippen molar-refractivity contribution in [2.24, 2.45) is 11.7 Å². The van der Waals surface area contributed by atoms with E-state index in [1.807, 2.05) is 18.7 Å². The van der Waals surface area contributed by atoms with Gasteiger partial charge in [0.05, 0.1) is 31.3 Å². The molecule has 0 aliphatic carbocycles. The van der Waals surface area contributed by atoms with E-state index in [2.05, 4.69) is 0 Å². The third-order valence-corrected chi connectivity index (χ3v) is 3.17. The van der Waals surface area contributed by atoms with Crippen molar-refractivity contribution in [3.63, 3.8) is 0 Å². The molecule has 2 heterocycles. The van der Waals surface area contributed by atoms with E-state index in [1.54, 1.807) is 0 Å². The maximum Gasteiger partial charge on any atom is 0.229 e. The number of morpholine rings is 1. The molecule has 0 saturated carbocycles. The maximum absolute atomic E-state index is 12.2. The van der Waals surface area contributed by atoms with Crippen LogP contribution in [0.1, 0.15) is 13.8 Å². The Hall–Kier alpha value is -0.650. The Morgan fingerprint density at radius 3 is 2.38 bits per heavy atom. The molecule has 0 aromatic rings. The number of carbonyl (C=O) groups is 1. The largest absolute Gasteiger partial charge is 0.379 e. The SMILES string of the molecule is C[C@@H]1CN(C(=O)C2COCC2N)C[C@H](C)O1. The van der Waals surface area contributed by atoms with Gasteiger partial charge in [-0.25, -0.2) is 0 Å². The minimum absolute atomic E-state index is 0.103. The molecule has 2 N–H and O–H groups in total. The lowest BCUT2D eigenvalue weighted by Crippen LogP contribution is -2.52. The summed E-state index contributed by atoms with van der Waals surface area (Å²) in [4.78, 5) is 14.1. The third kappa shape index (κ3) is 2.36. The standard InChI is InChI=1S/C11H20N2O3/c1-7-3-13(4-8(2)16-7)11(14)9-5-15-6-10(9)12/h7-10H,3-6,12H2,1-2H3/t7-,8+,9?,10?. The fraction of sp³-hybridized carbons (Fsp3) is 0.909. The highest BCUT2D eigenvalue weighted by Crippen LogP contribution is 2.18. The molecule has 2 rings (SSSR count). The van der Waals surface area contributed by atoms with Gasteiger partial charge in [0.25, 0.3) is 0 Å². The van der Waals surface area contributed by atoms with Crippen molar-refractivity contribution in [3.05, 3.63) is 0 Å². The highest BCUT2D eigenvalue weighted by atomic mass is 16.5. The lowest BCUT2D eigenvalue weighted by atomic mass is 10.0. The van der Waals surface area contributed by atoms with Crippen molar-refractivity contribution < 1.29 is 14.3 Å². The first-order valence-corrected chi connectivity index (χ1v) is 5.85. The molecular formula is C11H20N2O3. The summed E-state index contributed by atoms with van der Waals surface area (Å²) in [6.07, 6.45) is 0.206. The van der Waals surface area contributed by atoms with Crippen LogP contribution in [0.25, 0.3) is 0 Å². The Balaban J connectivity index is 1.98. The molecule has 2 aliphatic heterocycles. The molecule has 2 fully saturated rings. The molecule has 0 aromatic heterocycles. The van der Waals surface area contributed by atoms with E-state index >= 15 is 0 Å². The van der Waals surface area contributed by atoms with Gasteiger partial charge in [0.1, 0.15) is 0 Å². The van der Waals surface area contributed by atoms with Crippen molar-refractivity contribution in [2.45, 2.75) is 32.1 Å². The Morgan fingerprint density at radius 1 is 1.25 bits per heavy atom. The molecule has 0 radical (unpaired) electrons. The second-order valence-corrected chi connectivity index (χ2v) is 4.81. The van der Waals surface area contributed by atoms with Crippen molar-refractivity contribution in [3.8, 4) is 0 Å². The predicted molar refractivity (Wildman–Crippen MR) is 58.9 cm³/mol. The molecule has 5 heteroatoms. The molecule has 2 aliphatic rings. The summed E-state index contributed by atoms with van der Waals surface area (Å²) >= 11 is 0. The number of hydrogen-bond acceptors (Lipinski definition) is 4. The quantitative estimate of drug-likeness (QED) is 0.663. The average Bonchev–Trinajstić information content (AvgIpc) is 2.62. The number of nitrogens with zero attached hydrogens (tertiary/aromatic N) is 1. The van der Waals surface area contributed by atoms with Crippen LogP contribution in [0.3, 0.4) is 0 Å². The molecule has 0 aromatic carbocycles. The molecule has 0 spiro atoms. The Kier molecular flexibility index (Phi) is 3.47. The molecule has 0 bridgehead atoms. The van der Waals surface area contributed by atoms with Crippen molar-refractivity contribution in [2.75, 3.05) is 26.3 Å². The van der Waals surface area contributed by atoms with Crippen LogP contribution in [-0.4, -0.2) is 55.4 Å². The van der Waals surface area contributed by atoms with Crippen LogP contribution >= 0.6 is 0 Å². The summed E-state index contributed by atoms with van der Waals surface area (Å²) in [5.41, 5.74) is 5.85. The number of carbonyl (C=O) groups excluding carboxylic acids is 1. The van der Waals surface area contributed by atoms with Gasteiger partial charge in [-0.2, -0.15) is 0 Å². The Morgan fingerprint density at radius 2 is 1.88 bits per heavy atom. The number of nitrogens with two attached hydrogens (primary N) is 1. The first kappa shape index (κ1) is 11.8. The third-order valence-electron chi connectivity index (χ3n) is 3.17. The number of rotatable bonds is 1. The monoisotopic (exact) mass is 228 g/mol. The second-order valence-electron chi connectivity index (χ2n) is 4.81. The van der Waals surface area contributed by atoms with Crippen molar-refractivity contribution >= 4 is 5.91 Å². The molecule has 2 saturated heterocycles. The Bertz CT molecular complexity index is 262. The van der Waals surface area contributed by atoms with E-state index in [1.165, 1.54) is 0 Å². The zero-order valence-electron chi connectivity index (χ0n) is 9.89. The number of ether oxygens (including phenoxy) is 2. The summed E-state index contributed by atoms with van der Waals surface area (Å²) in [6, 6.07) is -0.152. The molecule has 1 amide bonds. The van der Waals surface area contributed by atoms with Crippen LogP contribution in [0.15, 0.2) is 0 Å². The van der Waals surface area contributed by atoms with E-state index in [0.29, 0.717) is 26.3 Å². The van der Waals surface area contributed by atoms with Crippen LogP contribution < -0.4 is 5.73 Å². The van der Waals surface area contributed by atoms with E-state index in [-0.39, 0.29) is 30.1 Å². The predicted octanol–water partition coefficient (Wildman–Crippen LogP) is -0.404. The van der Waals surface area contributed by atoms with Gasteiger partial charge in [0.15, 0.2) is 0 Å². The van der Waals surface area contributed by atoms with Crippen molar-refractivity contribution in [1.29, 1.82) is 0 Å². The summed E-state index contributed by atoms with van der Waals surface area (Å²) in [7, 11) is 0. The van der Waals surface area contributed by atoms with Crippen LogP contribution in [0.5, 0.6) is 0 Å². The second kappa shape index (κ2) is 4.69. The van der Waals surface area contributed by atoms with Gasteiger partial charge in [0.2, 0.25) is 5.91 Å². The smallest absolute Gasteiger partial charge is 0.229 e. The first-order chi connectivity index (χ1) is 7.58. The lowest BCUT2D eigenvalue weighted by molar-refractivity contribution is -0.147. The summed E-state index contributed by atoms with van der Waals surface area (Å²) in [6.45, 7) is 6.24. The molecule has 16 heavy (non-hydrogen) atoms. The van der Waals surface area contributed by atoms with E-state index in [9.17, 15) is 4.79 Å². The van der Waals surface area contributed by atoms with E-state index < -0.39 is 0 Å². The maximum atomic E-state index is 12.2. The molecule has 5 nitrogen and oxygen atoms in total. The van der Waals surface area contributed by atoms with Gasteiger partial charge in [-0.15, -0.1) is 0 Å². The molecular weight excluding hydrogens is 208 g/mol. The van der Waals surface area contributed by atoms with Gasteiger partial charge in [-0.05, 0) is 13.8 Å². The molecule has 2 unspecified atom stereocenters. The van der Waals surface area contributed by atoms with Gasteiger partial charge in [-0.1, -0.05) is 0 Å². The number of hydrogen-bond donors (Lipinski definition) is 1. The average molecular weight is 228 g/mol. The normalized spacial score (nSPS) is 40.1. The van der Waals surface area contributed by atoms with Gasteiger partial charge in [0, 0.05) is 19.1 Å². The Labute approximate surface area is 95.9 Å². The number of amides is 1. The zero-order valence-corrected chi connectivity index (χ0v) is 9.89. The van der Waals surface area contributed by atoms with Crippen LogP contribution in [-0.2, 0) is 14.3 Å². The minimum atomic E-state index is -0.169. The van der Waals surface area contributed by atoms with Crippen LogP contribution in [0, 0.1) is 5.92 Å². The lowest BCUT2D eigenvalue weighted by Gasteiger charge is -2.36. The summed E-state index contributed by atoms with van der Waals surface area (Å²) in [5, 5.41) is 0. The van der Waals surface area contributed by atoms with Gasteiger partial charge < -0.3 is 20.1 Å². The first-order valence-electron chi connectivity index (χ1n) is 5.85.